The highest BCUT2D eigenvalue weighted by atomic mass is 127. The molecule has 0 fully saturated rings. The van der Waals surface area contributed by atoms with Crippen molar-refractivity contribution in [2.24, 2.45) is 0 Å². The van der Waals surface area contributed by atoms with Gasteiger partial charge >= 0.3 is 5.82 Å². The summed E-state index contributed by atoms with van der Waals surface area (Å²) in [6.45, 7) is 0. The fraction of sp³-hybridized carbons (Fsp3) is 0. The van der Waals surface area contributed by atoms with E-state index in [-0.39, 0.29) is 11.4 Å². The number of hydrogen-bond acceptors (Lipinski definition) is 5. The first-order chi connectivity index (χ1) is 9.58. The number of nitrogens with one attached hydrogen (secondary N) is 1. The Kier molecular flexibility index (Phi) is 2.97. The quantitative estimate of drug-likeness (QED) is 0.411. The molecule has 0 amide bonds. The molecule has 0 saturated carbocycles. The van der Waals surface area contributed by atoms with E-state index in [0.717, 1.165) is 3.57 Å². The molecule has 100 valence electrons. The lowest BCUT2D eigenvalue weighted by Crippen LogP contribution is -2.07. The lowest BCUT2D eigenvalue weighted by Gasteiger charge is -2.01. The molecule has 0 aliphatic heterocycles. The van der Waals surface area contributed by atoms with Crippen molar-refractivity contribution in [2.45, 2.75) is 0 Å². The van der Waals surface area contributed by atoms with Gasteiger partial charge < -0.3 is 15.1 Å². The first-order valence-corrected chi connectivity index (χ1v) is 6.51. The molecule has 0 saturated heterocycles. The van der Waals surface area contributed by atoms with E-state index in [1.54, 1.807) is 16.8 Å². The Hall–Kier alpha value is -2.30. The summed E-state index contributed by atoms with van der Waals surface area (Å²) in [4.78, 5) is 32.2. The smallest absolute Gasteiger partial charge is 0.358 e. The number of nitrogens with zero attached hydrogens (tertiary/aromatic N) is 4. The summed E-state index contributed by atoms with van der Waals surface area (Å²) >= 11 is 2.04. The molecule has 0 radical (unpaired) electrons. The topological polar surface area (TPSA) is 107 Å². The van der Waals surface area contributed by atoms with Gasteiger partial charge in [0.25, 0.3) is 5.56 Å². The molecule has 0 aromatic carbocycles. The van der Waals surface area contributed by atoms with Crippen molar-refractivity contribution in [1.29, 1.82) is 0 Å². The van der Waals surface area contributed by atoms with Gasteiger partial charge in [0, 0.05) is 15.8 Å². The average molecular weight is 383 g/mol. The van der Waals surface area contributed by atoms with Crippen molar-refractivity contribution in [3.63, 3.8) is 0 Å². The van der Waals surface area contributed by atoms with Crippen LogP contribution in [-0.4, -0.2) is 24.4 Å². The fourth-order valence-electron chi connectivity index (χ4n) is 1.85. The molecule has 8 nitrogen and oxygen atoms in total. The van der Waals surface area contributed by atoms with E-state index in [1.165, 1.54) is 18.6 Å². The van der Waals surface area contributed by atoms with E-state index in [0.29, 0.717) is 16.7 Å². The second-order valence-electron chi connectivity index (χ2n) is 3.91. The van der Waals surface area contributed by atoms with Gasteiger partial charge in [0.2, 0.25) is 0 Å². The van der Waals surface area contributed by atoms with E-state index in [1.807, 2.05) is 22.6 Å². The van der Waals surface area contributed by atoms with Gasteiger partial charge in [-0.1, -0.05) is 0 Å². The van der Waals surface area contributed by atoms with Gasteiger partial charge in [-0.3, -0.25) is 9.36 Å². The fourth-order valence-corrected chi connectivity index (χ4v) is 2.62. The van der Waals surface area contributed by atoms with Gasteiger partial charge in [-0.15, -0.1) is 0 Å². The minimum Gasteiger partial charge on any atom is -0.358 e. The molecule has 0 bridgehead atoms. The third-order valence-corrected chi connectivity index (χ3v) is 3.56. The van der Waals surface area contributed by atoms with Crippen LogP contribution < -0.4 is 5.56 Å². The zero-order chi connectivity index (χ0) is 14.3. The van der Waals surface area contributed by atoms with Crippen LogP contribution in [0.1, 0.15) is 0 Å². The van der Waals surface area contributed by atoms with Gasteiger partial charge in [0.15, 0.2) is 11.8 Å². The SMILES string of the molecule is O=c1[nH]cnc2c1c(I)cn2-c1ccc([N+](=O)[O-])nc1. The van der Waals surface area contributed by atoms with Crippen LogP contribution in [0.15, 0.2) is 35.6 Å². The van der Waals surface area contributed by atoms with E-state index in [9.17, 15) is 14.9 Å². The molecule has 3 aromatic rings. The summed E-state index contributed by atoms with van der Waals surface area (Å²) in [5.74, 6) is -0.231. The van der Waals surface area contributed by atoms with Crippen LogP contribution in [0, 0.1) is 13.7 Å². The molecule has 0 unspecified atom stereocenters. The van der Waals surface area contributed by atoms with Crippen molar-refractivity contribution in [3.05, 3.63) is 54.9 Å². The summed E-state index contributed by atoms with van der Waals surface area (Å²) in [5.41, 5.74) is 0.850. The maximum Gasteiger partial charge on any atom is 0.363 e. The maximum atomic E-state index is 11.8. The van der Waals surface area contributed by atoms with Gasteiger partial charge in [-0.2, -0.15) is 0 Å². The normalized spacial score (nSPS) is 10.8. The Bertz CT molecular complexity index is 868. The Labute approximate surface area is 124 Å². The lowest BCUT2D eigenvalue weighted by molar-refractivity contribution is -0.389. The zero-order valence-corrected chi connectivity index (χ0v) is 11.9. The molecule has 0 spiro atoms. The monoisotopic (exact) mass is 383 g/mol. The molecule has 3 heterocycles. The molecule has 9 heteroatoms. The molecule has 0 aliphatic carbocycles. The average Bonchev–Trinajstić information content (AvgIpc) is 2.77. The van der Waals surface area contributed by atoms with Crippen LogP contribution in [-0.2, 0) is 0 Å². The number of H-pyrrole nitrogens is 1. The molecule has 3 rings (SSSR count). The Balaban J connectivity index is 2.22. The van der Waals surface area contributed by atoms with Gasteiger partial charge in [0.1, 0.15) is 0 Å². The van der Waals surface area contributed by atoms with Crippen LogP contribution in [0.25, 0.3) is 16.7 Å². The summed E-state index contributed by atoms with van der Waals surface area (Å²) in [6.07, 6.45) is 4.42. The van der Waals surface area contributed by atoms with Gasteiger partial charge in [-0.05, 0) is 38.6 Å². The van der Waals surface area contributed by atoms with Gasteiger partial charge in [0.05, 0.1) is 17.4 Å². The molecule has 20 heavy (non-hydrogen) atoms. The summed E-state index contributed by atoms with van der Waals surface area (Å²) in [7, 11) is 0. The van der Waals surface area contributed by atoms with Crippen LogP contribution in [0.4, 0.5) is 5.82 Å². The lowest BCUT2D eigenvalue weighted by atomic mass is 10.4. The Morgan fingerprint density at radius 3 is 2.80 bits per heavy atom. The van der Waals surface area contributed by atoms with E-state index in [2.05, 4.69) is 15.0 Å². The number of hydrogen-bond donors (Lipinski definition) is 1. The number of fused-ring (bicyclic) bond motifs is 1. The minimum atomic E-state index is -0.565. The molecule has 0 aliphatic rings. The van der Waals surface area contributed by atoms with Crippen LogP contribution in [0.3, 0.4) is 0 Å². The van der Waals surface area contributed by atoms with Crippen LogP contribution in [0.2, 0.25) is 0 Å². The van der Waals surface area contributed by atoms with Gasteiger partial charge in [-0.25, -0.2) is 4.98 Å². The summed E-state index contributed by atoms with van der Waals surface area (Å²) in [5, 5.41) is 11.1. The molecular weight excluding hydrogens is 377 g/mol. The number of aromatic amines is 1. The molecule has 3 aromatic heterocycles. The van der Waals surface area contributed by atoms with Crippen molar-refractivity contribution in [1.82, 2.24) is 19.5 Å². The highest BCUT2D eigenvalue weighted by molar-refractivity contribution is 14.1. The second-order valence-corrected chi connectivity index (χ2v) is 5.07. The van der Waals surface area contributed by atoms with Crippen molar-refractivity contribution < 1.29 is 4.92 Å². The number of aromatic nitrogens is 4. The highest BCUT2D eigenvalue weighted by Crippen LogP contribution is 2.22. The van der Waals surface area contributed by atoms with E-state index in [4.69, 9.17) is 0 Å². The number of rotatable bonds is 2. The highest BCUT2D eigenvalue weighted by Gasteiger charge is 2.14. The number of nitro groups is 1. The third kappa shape index (κ3) is 1.95. The Morgan fingerprint density at radius 2 is 2.15 bits per heavy atom. The predicted octanol–water partition coefficient (Wildman–Crippen LogP) is 1.62. The second kappa shape index (κ2) is 4.67. The largest absolute Gasteiger partial charge is 0.363 e. The Morgan fingerprint density at radius 1 is 1.35 bits per heavy atom. The van der Waals surface area contributed by atoms with Crippen LogP contribution >= 0.6 is 22.6 Å². The molecule has 0 atom stereocenters. The third-order valence-electron chi connectivity index (χ3n) is 2.74. The molecular formula is C11H6IN5O3. The number of pyridine rings is 1. The van der Waals surface area contributed by atoms with Crippen molar-refractivity contribution in [3.8, 4) is 5.69 Å². The maximum absolute atomic E-state index is 11.8. The van der Waals surface area contributed by atoms with E-state index < -0.39 is 4.92 Å². The molecule has 1 N–H and O–H groups in total. The van der Waals surface area contributed by atoms with Crippen LogP contribution in [0.5, 0.6) is 0 Å². The standard InChI is InChI=1S/C11H6IN5O3/c12-7-4-16(10-9(7)11(18)15-5-14-10)6-1-2-8(13-3-6)17(19)20/h1-5H,(H,14,15,18). The summed E-state index contributed by atoms with van der Waals surface area (Å²) in [6, 6.07) is 2.87. The van der Waals surface area contributed by atoms with E-state index >= 15 is 0 Å². The zero-order valence-electron chi connectivity index (χ0n) is 9.78. The first-order valence-electron chi connectivity index (χ1n) is 5.43. The minimum absolute atomic E-state index is 0.229. The number of halogens is 1. The first kappa shape index (κ1) is 12.7. The van der Waals surface area contributed by atoms with Crippen molar-refractivity contribution in [2.75, 3.05) is 0 Å². The predicted molar refractivity (Wildman–Crippen MR) is 78.9 cm³/mol. The summed E-state index contributed by atoms with van der Waals surface area (Å²) < 4.78 is 2.41. The van der Waals surface area contributed by atoms with Crippen molar-refractivity contribution >= 4 is 39.4 Å².